The first-order valence-corrected chi connectivity index (χ1v) is 8.47. The van der Waals surface area contributed by atoms with E-state index in [1.807, 2.05) is 22.7 Å². The first-order valence-electron chi connectivity index (χ1n) is 7.43. The van der Waals surface area contributed by atoms with Crippen molar-refractivity contribution in [2.75, 3.05) is 32.2 Å². The average Bonchev–Trinajstić information content (AvgIpc) is 2.87. The van der Waals surface area contributed by atoms with Gasteiger partial charge in [-0.15, -0.1) is 6.58 Å². The standard InChI is InChI=1S/C16H20N2O3S/c1-2-6-17-16(19)18-7-5-15(22-9-8-18)12-3-4-13-14(10-12)21-11-20-13/h2-4,10,15H,1,5-9,11H2,(H,17,19). The van der Waals surface area contributed by atoms with Crippen LogP contribution in [0.15, 0.2) is 30.9 Å². The molecule has 0 spiro atoms. The third-order valence-corrected chi connectivity index (χ3v) is 5.12. The summed E-state index contributed by atoms with van der Waals surface area (Å²) in [6, 6.07) is 6.12. The minimum absolute atomic E-state index is 0.00756. The molecule has 0 radical (unpaired) electrons. The molecule has 22 heavy (non-hydrogen) atoms. The topological polar surface area (TPSA) is 50.8 Å². The van der Waals surface area contributed by atoms with Crippen molar-refractivity contribution in [3.63, 3.8) is 0 Å². The monoisotopic (exact) mass is 320 g/mol. The molecule has 0 aliphatic carbocycles. The largest absolute Gasteiger partial charge is 0.454 e. The minimum atomic E-state index is -0.00756. The van der Waals surface area contributed by atoms with Crippen LogP contribution in [0.4, 0.5) is 4.79 Å². The number of thioether (sulfide) groups is 1. The Labute approximate surface area is 134 Å². The van der Waals surface area contributed by atoms with Crippen LogP contribution >= 0.6 is 11.8 Å². The lowest BCUT2D eigenvalue weighted by molar-refractivity contribution is 0.174. The molecule has 1 aromatic carbocycles. The van der Waals surface area contributed by atoms with Crippen LogP contribution in [0.1, 0.15) is 17.2 Å². The number of amides is 2. The molecule has 2 heterocycles. The lowest BCUT2D eigenvalue weighted by atomic mass is 10.1. The van der Waals surface area contributed by atoms with Crippen molar-refractivity contribution in [3.8, 4) is 11.5 Å². The molecule has 1 fully saturated rings. The number of benzene rings is 1. The SMILES string of the molecule is C=CCNC(=O)N1CCSC(c2ccc3c(c2)OCO3)CC1. The molecule has 3 rings (SSSR count). The third-order valence-electron chi connectivity index (χ3n) is 3.79. The van der Waals surface area contributed by atoms with Gasteiger partial charge in [-0.25, -0.2) is 4.79 Å². The third kappa shape index (κ3) is 3.32. The van der Waals surface area contributed by atoms with E-state index in [0.29, 0.717) is 18.6 Å². The summed E-state index contributed by atoms with van der Waals surface area (Å²) in [6.07, 6.45) is 2.63. The summed E-state index contributed by atoms with van der Waals surface area (Å²) in [5.41, 5.74) is 1.24. The zero-order valence-corrected chi connectivity index (χ0v) is 13.2. The number of ether oxygens (including phenoxy) is 2. The quantitative estimate of drug-likeness (QED) is 0.870. The number of hydrogen-bond donors (Lipinski definition) is 1. The van der Waals surface area contributed by atoms with Crippen molar-refractivity contribution in [2.24, 2.45) is 0 Å². The summed E-state index contributed by atoms with van der Waals surface area (Å²) in [7, 11) is 0. The average molecular weight is 320 g/mol. The molecule has 118 valence electrons. The Bertz CT molecular complexity index is 564. The number of carbonyl (C=O) groups is 1. The maximum atomic E-state index is 12.0. The number of fused-ring (bicyclic) bond motifs is 1. The minimum Gasteiger partial charge on any atom is -0.454 e. The Morgan fingerprint density at radius 2 is 2.27 bits per heavy atom. The molecule has 2 amide bonds. The van der Waals surface area contributed by atoms with E-state index in [9.17, 15) is 4.79 Å². The van der Waals surface area contributed by atoms with Crippen LogP contribution in [0.5, 0.6) is 11.5 Å². The van der Waals surface area contributed by atoms with Crippen LogP contribution < -0.4 is 14.8 Å². The molecule has 1 N–H and O–H groups in total. The van der Waals surface area contributed by atoms with Gasteiger partial charge in [0.1, 0.15) is 0 Å². The van der Waals surface area contributed by atoms with Gasteiger partial charge in [0, 0.05) is 30.6 Å². The molecule has 6 heteroatoms. The van der Waals surface area contributed by atoms with Gasteiger partial charge in [0.25, 0.3) is 0 Å². The summed E-state index contributed by atoms with van der Waals surface area (Å²) in [6.45, 7) is 5.96. The normalized spacial score (nSPS) is 20.4. The van der Waals surface area contributed by atoms with Crippen LogP contribution in [-0.2, 0) is 0 Å². The molecule has 1 unspecified atom stereocenters. The highest BCUT2D eigenvalue weighted by Gasteiger charge is 2.23. The fourth-order valence-electron chi connectivity index (χ4n) is 2.62. The number of nitrogens with one attached hydrogen (secondary N) is 1. The zero-order valence-electron chi connectivity index (χ0n) is 12.4. The lowest BCUT2D eigenvalue weighted by Gasteiger charge is -2.20. The first-order chi connectivity index (χ1) is 10.8. The molecule has 2 aliphatic heterocycles. The van der Waals surface area contributed by atoms with Crippen LogP contribution in [0, 0.1) is 0 Å². The molecular formula is C16H20N2O3S. The van der Waals surface area contributed by atoms with Gasteiger partial charge in [-0.1, -0.05) is 12.1 Å². The van der Waals surface area contributed by atoms with Gasteiger partial charge in [-0.3, -0.25) is 0 Å². The summed E-state index contributed by atoms with van der Waals surface area (Å²) < 4.78 is 10.8. The molecule has 0 aromatic heterocycles. The van der Waals surface area contributed by atoms with Gasteiger partial charge in [-0.2, -0.15) is 11.8 Å². The van der Waals surface area contributed by atoms with Crippen molar-refractivity contribution >= 4 is 17.8 Å². The van der Waals surface area contributed by atoms with Crippen molar-refractivity contribution in [1.29, 1.82) is 0 Å². The van der Waals surface area contributed by atoms with E-state index in [2.05, 4.69) is 24.0 Å². The van der Waals surface area contributed by atoms with Gasteiger partial charge < -0.3 is 19.7 Å². The number of hydrogen-bond acceptors (Lipinski definition) is 4. The molecule has 1 aromatic rings. The summed E-state index contributed by atoms with van der Waals surface area (Å²) >= 11 is 1.89. The van der Waals surface area contributed by atoms with E-state index in [1.54, 1.807) is 6.08 Å². The summed E-state index contributed by atoms with van der Waals surface area (Å²) in [4.78, 5) is 13.9. The number of urea groups is 1. The molecule has 0 saturated carbocycles. The van der Waals surface area contributed by atoms with Gasteiger partial charge in [0.15, 0.2) is 11.5 Å². The number of rotatable bonds is 3. The van der Waals surface area contributed by atoms with E-state index in [1.165, 1.54) is 5.56 Å². The Hall–Kier alpha value is -1.82. The van der Waals surface area contributed by atoms with E-state index < -0.39 is 0 Å². The zero-order chi connectivity index (χ0) is 15.4. The highest BCUT2D eigenvalue weighted by molar-refractivity contribution is 7.99. The second-order valence-corrected chi connectivity index (χ2v) is 6.53. The van der Waals surface area contributed by atoms with Gasteiger partial charge in [0.2, 0.25) is 6.79 Å². The first kappa shape index (κ1) is 15.1. The highest BCUT2D eigenvalue weighted by atomic mass is 32.2. The maximum absolute atomic E-state index is 12.0. The number of carbonyl (C=O) groups excluding carboxylic acids is 1. The second kappa shape index (κ2) is 6.96. The fraction of sp³-hybridized carbons (Fsp3) is 0.438. The van der Waals surface area contributed by atoms with Crippen LogP contribution in [0.25, 0.3) is 0 Å². The molecule has 2 aliphatic rings. The van der Waals surface area contributed by atoms with Crippen molar-refractivity contribution in [1.82, 2.24) is 10.2 Å². The Morgan fingerprint density at radius 3 is 3.14 bits per heavy atom. The van der Waals surface area contributed by atoms with Crippen LogP contribution in [0.3, 0.4) is 0 Å². The number of nitrogens with zero attached hydrogens (tertiary/aromatic N) is 1. The smallest absolute Gasteiger partial charge is 0.317 e. The summed E-state index contributed by atoms with van der Waals surface area (Å²) in [5, 5.41) is 3.22. The van der Waals surface area contributed by atoms with E-state index in [-0.39, 0.29) is 6.03 Å². The second-order valence-electron chi connectivity index (χ2n) is 5.22. The predicted octanol–water partition coefficient (Wildman–Crippen LogP) is 2.79. The molecular weight excluding hydrogens is 300 g/mol. The van der Waals surface area contributed by atoms with Gasteiger partial charge in [0.05, 0.1) is 0 Å². The molecule has 0 bridgehead atoms. The van der Waals surface area contributed by atoms with Crippen molar-refractivity contribution in [2.45, 2.75) is 11.7 Å². The maximum Gasteiger partial charge on any atom is 0.317 e. The van der Waals surface area contributed by atoms with Gasteiger partial charge in [-0.05, 0) is 24.1 Å². The van der Waals surface area contributed by atoms with E-state index >= 15 is 0 Å². The molecule has 1 atom stereocenters. The Morgan fingerprint density at radius 1 is 1.41 bits per heavy atom. The van der Waals surface area contributed by atoms with E-state index in [4.69, 9.17) is 9.47 Å². The van der Waals surface area contributed by atoms with Crippen LogP contribution in [0.2, 0.25) is 0 Å². The highest BCUT2D eigenvalue weighted by Crippen LogP contribution is 2.40. The fourth-order valence-corrected chi connectivity index (χ4v) is 3.85. The van der Waals surface area contributed by atoms with Crippen LogP contribution in [-0.4, -0.2) is 43.1 Å². The van der Waals surface area contributed by atoms with Crippen molar-refractivity contribution in [3.05, 3.63) is 36.4 Å². The Kier molecular flexibility index (Phi) is 4.77. The Balaban J connectivity index is 1.62. The molecule has 5 nitrogen and oxygen atoms in total. The van der Waals surface area contributed by atoms with Gasteiger partial charge >= 0.3 is 6.03 Å². The van der Waals surface area contributed by atoms with Crippen molar-refractivity contribution < 1.29 is 14.3 Å². The molecule has 1 saturated heterocycles. The summed E-state index contributed by atoms with van der Waals surface area (Å²) in [5.74, 6) is 2.57. The predicted molar refractivity (Wildman–Crippen MR) is 87.5 cm³/mol. The van der Waals surface area contributed by atoms with E-state index in [0.717, 1.165) is 36.8 Å². The lowest BCUT2D eigenvalue weighted by Crippen LogP contribution is -2.41.